The van der Waals surface area contributed by atoms with E-state index < -0.39 is 5.91 Å². The van der Waals surface area contributed by atoms with E-state index in [2.05, 4.69) is 21.0 Å². The summed E-state index contributed by atoms with van der Waals surface area (Å²) in [6.07, 6.45) is 0. The van der Waals surface area contributed by atoms with Gasteiger partial charge in [-0.25, -0.2) is 0 Å². The zero-order valence-corrected chi connectivity index (χ0v) is 12.8. The summed E-state index contributed by atoms with van der Waals surface area (Å²) in [6.45, 7) is 1.73. The van der Waals surface area contributed by atoms with Crippen LogP contribution in [0.3, 0.4) is 0 Å². The zero-order chi connectivity index (χ0) is 16.9. The second-order valence-corrected chi connectivity index (χ2v) is 5.00. The third-order valence-corrected chi connectivity index (χ3v) is 3.25. The lowest BCUT2D eigenvalue weighted by Crippen LogP contribution is -2.41. The Kier molecular flexibility index (Phi) is 4.33. The molecular formula is C17H14N4O3. The molecule has 0 radical (unpaired) electrons. The number of benzene rings is 2. The van der Waals surface area contributed by atoms with Crippen LogP contribution in [0.2, 0.25) is 0 Å². The topological polar surface area (TPSA) is 97.1 Å². The van der Waals surface area contributed by atoms with Crippen LogP contribution < -0.4 is 10.9 Å². The Morgan fingerprint density at radius 1 is 0.875 bits per heavy atom. The van der Waals surface area contributed by atoms with E-state index in [4.69, 9.17) is 4.52 Å². The highest BCUT2D eigenvalue weighted by molar-refractivity contribution is 5.99. The van der Waals surface area contributed by atoms with Crippen molar-refractivity contribution in [2.45, 2.75) is 6.92 Å². The third kappa shape index (κ3) is 3.46. The van der Waals surface area contributed by atoms with Crippen LogP contribution in [0.5, 0.6) is 0 Å². The maximum atomic E-state index is 12.1. The number of aromatic nitrogens is 2. The van der Waals surface area contributed by atoms with Gasteiger partial charge in [0, 0.05) is 16.7 Å². The molecule has 2 aromatic carbocycles. The van der Waals surface area contributed by atoms with Gasteiger partial charge in [-0.3, -0.25) is 20.4 Å². The van der Waals surface area contributed by atoms with Crippen LogP contribution in [0, 0.1) is 6.92 Å². The summed E-state index contributed by atoms with van der Waals surface area (Å²) in [5.74, 6) is 0.113. The first kappa shape index (κ1) is 15.4. The number of hydrogen-bond acceptors (Lipinski definition) is 5. The number of nitrogens with one attached hydrogen (secondary N) is 2. The molecule has 7 heteroatoms. The fourth-order valence-corrected chi connectivity index (χ4v) is 2.03. The average molecular weight is 322 g/mol. The molecular weight excluding hydrogens is 308 g/mol. The number of carbonyl (C=O) groups excluding carboxylic acids is 2. The Bertz CT molecular complexity index is 857. The standard InChI is InChI=1S/C17H14N4O3/c1-11-18-17(24-21-11)14-9-7-13(8-10-14)16(23)20-19-15(22)12-5-3-2-4-6-12/h2-10H,1H3,(H,19,22)(H,20,23). The molecule has 0 saturated carbocycles. The minimum absolute atomic E-state index is 0.386. The molecule has 0 saturated heterocycles. The smallest absolute Gasteiger partial charge is 0.269 e. The largest absolute Gasteiger partial charge is 0.334 e. The normalized spacial score (nSPS) is 10.2. The molecule has 1 heterocycles. The first-order chi connectivity index (χ1) is 11.6. The fourth-order valence-electron chi connectivity index (χ4n) is 2.03. The van der Waals surface area contributed by atoms with Crippen LogP contribution in [-0.4, -0.2) is 22.0 Å². The Morgan fingerprint density at radius 2 is 1.46 bits per heavy atom. The van der Waals surface area contributed by atoms with Crippen molar-refractivity contribution in [3.8, 4) is 11.5 Å². The molecule has 0 aliphatic rings. The monoisotopic (exact) mass is 322 g/mol. The maximum absolute atomic E-state index is 12.1. The van der Waals surface area contributed by atoms with E-state index in [1.54, 1.807) is 55.5 Å². The van der Waals surface area contributed by atoms with E-state index in [0.717, 1.165) is 0 Å². The Morgan fingerprint density at radius 3 is 2.00 bits per heavy atom. The van der Waals surface area contributed by atoms with Crippen molar-refractivity contribution < 1.29 is 14.1 Å². The van der Waals surface area contributed by atoms with Gasteiger partial charge in [0.15, 0.2) is 5.82 Å². The van der Waals surface area contributed by atoms with Gasteiger partial charge in [0.1, 0.15) is 0 Å². The summed E-state index contributed by atoms with van der Waals surface area (Å²) in [5.41, 5.74) is 6.30. The highest BCUT2D eigenvalue weighted by Crippen LogP contribution is 2.17. The summed E-state index contributed by atoms with van der Waals surface area (Å²) < 4.78 is 5.06. The quantitative estimate of drug-likeness (QED) is 0.720. The molecule has 7 nitrogen and oxygen atoms in total. The Labute approximate surface area is 137 Å². The molecule has 2 amide bonds. The molecule has 0 atom stereocenters. The van der Waals surface area contributed by atoms with Gasteiger partial charge < -0.3 is 4.52 Å². The molecule has 24 heavy (non-hydrogen) atoms. The van der Waals surface area contributed by atoms with Crippen molar-refractivity contribution >= 4 is 11.8 Å². The number of rotatable bonds is 3. The zero-order valence-electron chi connectivity index (χ0n) is 12.8. The van der Waals surface area contributed by atoms with Gasteiger partial charge in [0.2, 0.25) is 0 Å². The van der Waals surface area contributed by atoms with E-state index in [9.17, 15) is 9.59 Å². The van der Waals surface area contributed by atoms with Gasteiger partial charge in [-0.05, 0) is 43.3 Å². The van der Waals surface area contributed by atoms with Crippen molar-refractivity contribution in [2.24, 2.45) is 0 Å². The second kappa shape index (κ2) is 6.74. The Hall–Kier alpha value is -3.48. The third-order valence-electron chi connectivity index (χ3n) is 3.25. The molecule has 0 aliphatic heterocycles. The number of hydrogen-bond donors (Lipinski definition) is 2. The Balaban J connectivity index is 1.62. The lowest BCUT2D eigenvalue weighted by molar-refractivity contribution is 0.0846. The number of carbonyl (C=O) groups is 2. The van der Waals surface area contributed by atoms with E-state index >= 15 is 0 Å². The summed E-state index contributed by atoms with van der Waals surface area (Å²) in [4.78, 5) is 28.0. The molecule has 2 N–H and O–H groups in total. The molecule has 120 valence electrons. The minimum atomic E-state index is -0.424. The van der Waals surface area contributed by atoms with Gasteiger partial charge in [-0.15, -0.1) is 0 Å². The average Bonchev–Trinajstić information content (AvgIpc) is 3.06. The van der Waals surface area contributed by atoms with Crippen LogP contribution in [0.1, 0.15) is 26.5 Å². The number of aryl methyl sites for hydroxylation is 1. The van der Waals surface area contributed by atoms with Crippen molar-refractivity contribution in [1.82, 2.24) is 21.0 Å². The van der Waals surface area contributed by atoms with Crippen LogP contribution in [0.25, 0.3) is 11.5 Å². The minimum Gasteiger partial charge on any atom is -0.334 e. The predicted molar refractivity (Wildman–Crippen MR) is 85.8 cm³/mol. The molecule has 1 aromatic heterocycles. The van der Waals surface area contributed by atoms with Crippen LogP contribution in [0.4, 0.5) is 0 Å². The summed E-state index contributed by atoms with van der Waals surface area (Å²) in [7, 11) is 0. The maximum Gasteiger partial charge on any atom is 0.269 e. The van der Waals surface area contributed by atoms with E-state index in [-0.39, 0.29) is 5.91 Å². The number of hydrazine groups is 1. The van der Waals surface area contributed by atoms with Gasteiger partial charge in [-0.1, -0.05) is 23.4 Å². The molecule has 0 aliphatic carbocycles. The summed E-state index contributed by atoms with van der Waals surface area (Å²) in [5, 5.41) is 3.72. The first-order valence-corrected chi connectivity index (χ1v) is 7.20. The summed E-state index contributed by atoms with van der Waals surface area (Å²) >= 11 is 0. The second-order valence-electron chi connectivity index (χ2n) is 5.00. The van der Waals surface area contributed by atoms with Crippen LogP contribution in [0.15, 0.2) is 59.1 Å². The first-order valence-electron chi connectivity index (χ1n) is 7.20. The number of nitrogens with zero attached hydrogens (tertiary/aromatic N) is 2. The molecule has 0 spiro atoms. The van der Waals surface area contributed by atoms with Gasteiger partial charge in [0.25, 0.3) is 17.7 Å². The molecule has 0 bridgehead atoms. The van der Waals surface area contributed by atoms with Gasteiger partial charge >= 0.3 is 0 Å². The lowest BCUT2D eigenvalue weighted by Gasteiger charge is -2.07. The van der Waals surface area contributed by atoms with E-state index in [1.807, 2.05) is 6.07 Å². The highest BCUT2D eigenvalue weighted by atomic mass is 16.5. The van der Waals surface area contributed by atoms with Gasteiger partial charge in [0.05, 0.1) is 0 Å². The molecule has 3 aromatic rings. The molecule has 3 rings (SSSR count). The van der Waals surface area contributed by atoms with E-state index in [1.165, 1.54) is 0 Å². The van der Waals surface area contributed by atoms with Crippen LogP contribution >= 0.6 is 0 Å². The lowest BCUT2D eigenvalue weighted by atomic mass is 10.1. The van der Waals surface area contributed by atoms with E-state index in [0.29, 0.717) is 28.4 Å². The predicted octanol–water partition coefficient (Wildman–Crippen LogP) is 2.12. The summed E-state index contributed by atoms with van der Waals surface area (Å²) in [6, 6.07) is 15.2. The number of amides is 2. The van der Waals surface area contributed by atoms with Crippen molar-refractivity contribution in [2.75, 3.05) is 0 Å². The fraction of sp³-hybridized carbons (Fsp3) is 0.0588. The van der Waals surface area contributed by atoms with Crippen LogP contribution in [-0.2, 0) is 0 Å². The van der Waals surface area contributed by atoms with Gasteiger partial charge in [-0.2, -0.15) is 4.98 Å². The molecule has 0 fully saturated rings. The van der Waals surface area contributed by atoms with Crippen molar-refractivity contribution in [1.29, 1.82) is 0 Å². The highest BCUT2D eigenvalue weighted by Gasteiger charge is 2.10. The van der Waals surface area contributed by atoms with Crippen molar-refractivity contribution in [3.63, 3.8) is 0 Å². The molecule has 0 unspecified atom stereocenters. The van der Waals surface area contributed by atoms with Crippen molar-refractivity contribution in [3.05, 3.63) is 71.5 Å². The SMILES string of the molecule is Cc1noc(-c2ccc(C(=O)NNC(=O)c3ccccc3)cc2)n1.